The van der Waals surface area contributed by atoms with Gasteiger partial charge in [0.2, 0.25) is 0 Å². The van der Waals surface area contributed by atoms with E-state index < -0.39 is 0 Å². The monoisotopic (exact) mass is 286 g/mol. The molecule has 0 saturated carbocycles. The Morgan fingerprint density at radius 2 is 1.95 bits per heavy atom. The van der Waals surface area contributed by atoms with E-state index in [4.69, 9.17) is 5.73 Å². The van der Waals surface area contributed by atoms with Crippen molar-refractivity contribution in [2.45, 2.75) is 13.0 Å². The number of rotatable bonds is 0. The maximum Gasteiger partial charge on any atom is 0.147 e. The average molecular weight is 286 g/mol. The molecule has 0 saturated heterocycles. The standard InChI is InChI=1S/C18H14N4/c1-12-9-10-22-16(12)14(8-7-13-5-3-2-4-6-13)15-17(19)20-11-21-18(15)22/h2-6,11H,1,9-10H2,(H2,19,20,21). The van der Waals surface area contributed by atoms with E-state index >= 15 is 0 Å². The van der Waals surface area contributed by atoms with E-state index in [-0.39, 0.29) is 0 Å². The van der Waals surface area contributed by atoms with Crippen LogP contribution in [0.15, 0.2) is 43.2 Å². The van der Waals surface area contributed by atoms with Gasteiger partial charge in [0.05, 0.1) is 16.6 Å². The minimum Gasteiger partial charge on any atom is -0.383 e. The Kier molecular flexibility index (Phi) is 2.73. The second-order valence-electron chi connectivity index (χ2n) is 5.30. The van der Waals surface area contributed by atoms with Crippen LogP contribution in [0, 0.1) is 11.8 Å². The van der Waals surface area contributed by atoms with Gasteiger partial charge in [-0.05, 0) is 24.1 Å². The van der Waals surface area contributed by atoms with Crippen LogP contribution >= 0.6 is 0 Å². The zero-order valence-electron chi connectivity index (χ0n) is 12.0. The maximum atomic E-state index is 6.07. The molecule has 3 heterocycles. The Hall–Kier alpha value is -3.06. The zero-order valence-corrected chi connectivity index (χ0v) is 12.0. The van der Waals surface area contributed by atoms with Crippen LogP contribution in [-0.4, -0.2) is 14.5 Å². The van der Waals surface area contributed by atoms with Gasteiger partial charge in [-0.25, -0.2) is 9.97 Å². The van der Waals surface area contributed by atoms with Crippen LogP contribution in [0.5, 0.6) is 0 Å². The first-order chi connectivity index (χ1) is 10.8. The molecule has 0 atom stereocenters. The molecule has 4 rings (SSSR count). The van der Waals surface area contributed by atoms with Crippen LogP contribution in [0.3, 0.4) is 0 Å². The summed E-state index contributed by atoms with van der Waals surface area (Å²) < 4.78 is 2.14. The molecule has 1 aromatic carbocycles. The quantitative estimate of drug-likeness (QED) is 0.646. The predicted octanol–water partition coefficient (Wildman–Crippen LogP) is 2.83. The number of aryl methyl sites for hydroxylation is 1. The summed E-state index contributed by atoms with van der Waals surface area (Å²) in [5.41, 5.74) is 10.9. The molecule has 0 bridgehead atoms. The topological polar surface area (TPSA) is 56.7 Å². The van der Waals surface area contributed by atoms with Gasteiger partial charge in [0.25, 0.3) is 0 Å². The van der Waals surface area contributed by atoms with Crippen molar-refractivity contribution in [3.8, 4) is 11.8 Å². The van der Waals surface area contributed by atoms with Crippen molar-refractivity contribution in [2.75, 3.05) is 5.73 Å². The summed E-state index contributed by atoms with van der Waals surface area (Å²) >= 11 is 0. The molecular formula is C18H14N4. The molecule has 0 amide bonds. The van der Waals surface area contributed by atoms with Gasteiger partial charge in [0, 0.05) is 12.1 Å². The normalized spacial score (nSPS) is 13.0. The maximum absolute atomic E-state index is 6.07. The first-order valence-electron chi connectivity index (χ1n) is 7.13. The van der Waals surface area contributed by atoms with Gasteiger partial charge in [-0.3, -0.25) is 0 Å². The van der Waals surface area contributed by atoms with Gasteiger partial charge in [-0.2, -0.15) is 0 Å². The number of allylic oxidation sites excluding steroid dienone is 1. The van der Waals surface area contributed by atoms with Crippen LogP contribution in [0.1, 0.15) is 23.2 Å². The average Bonchev–Trinajstić information content (AvgIpc) is 3.06. The van der Waals surface area contributed by atoms with Gasteiger partial charge in [0.15, 0.2) is 0 Å². The fraction of sp³-hybridized carbons (Fsp3) is 0.111. The van der Waals surface area contributed by atoms with E-state index in [1.165, 1.54) is 6.33 Å². The van der Waals surface area contributed by atoms with Gasteiger partial charge in [0.1, 0.15) is 17.8 Å². The minimum atomic E-state index is 0.470. The molecule has 0 aliphatic carbocycles. The first-order valence-corrected chi connectivity index (χ1v) is 7.13. The molecule has 2 aromatic heterocycles. The van der Waals surface area contributed by atoms with Gasteiger partial charge >= 0.3 is 0 Å². The van der Waals surface area contributed by atoms with Crippen molar-refractivity contribution in [1.29, 1.82) is 0 Å². The Morgan fingerprint density at radius 3 is 2.77 bits per heavy atom. The van der Waals surface area contributed by atoms with Crippen LogP contribution < -0.4 is 5.73 Å². The molecule has 106 valence electrons. The molecule has 1 aliphatic rings. The smallest absolute Gasteiger partial charge is 0.147 e. The largest absolute Gasteiger partial charge is 0.383 e. The molecule has 1 aliphatic heterocycles. The number of benzene rings is 1. The molecular weight excluding hydrogens is 272 g/mol. The van der Waals surface area contributed by atoms with Crippen molar-refractivity contribution in [2.24, 2.45) is 0 Å². The Labute approximate surface area is 128 Å². The summed E-state index contributed by atoms with van der Waals surface area (Å²) in [5, 5.41) is 0.835. The number of nitrogen functional groups attached to an aromatic ring is 1. The Morgan fingerprint density at radius 1 is 1.14 bits per heavy atom. The molecule has 22 heavy (non-hydrogen) atoms. The number of nitrogens with zero attached hydrogens (tertiary/aromatic N) is 3. The van der Waals surface area contributed by atoms with Crippen LogP contribution in [-0.2, 0) is 6.54 Å². The number of nitrogens with two attached hydrogens (primary N) is 1. The number of hydrogen-bond donors (Lipinski definition) is 1. The van der Waals surface area contributed by atoms with Gasteiger partial charge < -0.3 is 10.3 Å². The summed E-state index contributed by atoms with van der Waals surface area (Å²) in [7, 11) is 0. The van der Waals surface area contributed by atoms with Gasteiger partial charge in [-0.15, -0.1) is 0 Å². The van der Waals surface area contributed by atoms with Crippen LogP contribution in [0.4, 0.5) is 5.82 Å². The lowest BCUT2D eigenvalue weighted by Crippen LogP contribution is -1.96. The van der Waals surface area contributed by atoms with Crippen LogP contribution in [0.2, 0.25) is 0 Å². The predicted molar refractivity (Wildman–Crippen MR) is 88.0 cm³/mol. The van der Waals surface area contributed by atoms with Gasteiger partial charge in [-0.1, -0.05) is 36.6 Å². The molecule has 2 N–H and O–H groups in total. The van der Waals surface area contributed by atoms with Crippen molar-refractivity contribution in [3.05, 3.63) is 60.1 Å². The summed E-state index contributed by atoms with van der Waals surface area (Å²) in [5.74, 6) is 6.93. The fourth-order valence-corrected chi connectivity index (χ4v) is 2.92. The third kappa shape index (κ3) is 1.80. The van der Waals surface area contributed by atoms with Crippen LogP contribution in [0.25, 0.3) is 16.6 Å². The summed E-state index contributed by atoms with van der Waals surface area (Å²) in [6.07, 6.45) is 2.43. The summed E-state index contributed by atoms with van der Waals surface area (Å²) in [6.45, 7) is 5.03. The van der Waals surface area contributed by atoms with E-state index in [0.29, 0.717) is 5.82 Å². The number of fused-ring (bicyclic) bond motifs is 3. The van der Waals surface area contributed by atoms with Crippen molar-refractivity contribution >= 4 is 22.4 Å². The van der Waals surface area contributed by atoms with E-state index in [2.05, 4.69) is 33.0 Å². The van der Waals surface area contributed by atoms with E-state index in [1.807, 2.05) is 30.3 Å². The second-order valence-corrected chi connectivity index (χ2v) is 5.30. The number of aromatic nitrogens is 3. The minimum absolute atomic E-state index is 0.470. The lowest BCUT2D eigenvalue weighted by molar-refractivity contribution is 0.786. The summed E-state index contributed by atoms with van der Waals surface area (Å²) in [4.78, 5) is 8.50. The van der Waals surface area contributed by atoms with Crippen molar-refractivity contribution < 1.29 is 0 Å². The lowest BCUT2D eigenvalue weighted by Gasteiger charge is -1.98. The highest BCUT2D eigenvalue weighted by atomic mass is 15.1. The van der Waals surface area contributed by atoms with Crippen molar-refractivity contribution in [3.63, 3.8) is 0 Å². The van der Waals surface area contributed by atoms with E-state index in [0.717, 1.165) is 46.4 Å². The Bertz CT molecular complexity index is 955. The number of hydrogen-bond acceptors (Lipinski definition) is 3. The number of anilines is 1. The SMILES string of the molecule is C=C1CCn2c1c(C#Cc1ccccc1)c1c(N)ncnc12. The molecule has 0 radical (unpaired) electrons. The second kappa shape index (κ2) is 4.74. The van der Waals surface area contributed by atoms with E-state index in [9.17, 15) is 0 Å². The first kappa shape index (κ1) is 12.7. The fourth-order valence-electron chi connectivity index (χ4n) is 2.92. The highest BCUT2D eigenvalue weighted by molar-refractivity contribution is 5.98. The molecule has 3 aromatic rings. The molecule has 0 fully saturated rings. The zero-order chi connectivity index (χ0) is 15.1. The molecule has 4 nitrogen and oxygen atoms in total. The molecule has 4 heteroatoms. The molecule has 0 unspecified atom stereocenters. The third-order valence-corrected chi connectivity index (χ3v) is 3.95. The highest BCUT2D eigenvalue weighted by Crippen LogP contribution is 2.37. The third-order valence-electron chi connectivity index (χ3n) is 3.95. The summed E-state index contributed by atoms with van der Waals surface area (Å²) in [6, 6.07) is 9.90. The van der Waals surface area contributed by atoms with E-state index in [1.54, 1.807) is 0 Å². The molecule has 0 spiro atoms. The highest BCUT2D eigenvalue weighted by Gasteiger charge is 2.25. The lowest BCUT2D eigenvalue weighted by atomic mass is 10.1. The van der Waals surface area contributed by atoms with Crippen molar-refractivity contribution in [1.82, 2.24) is 14.5 Å². The Balaban J connectivity index is 2.00.